The Morgan fingerprint density at radius 3 is 2.37 bits per heavy atom. The number of rotatable bonds is 5. The third kappa shape index (κ3) is 3.83. The van der Waals surface area contributed by atoms with E-state index in [-0.39, 0.29) is 0 Å². The molecule has 5 amide bonds. The third-order valence-electron chi connectivity index (χ3n) is 5.54. The highest BCUT2D eigenvalue weighted by atomic mass is 19.2. The van der Waals surface area contributed by atoms with Crippen LogP contribution in [0.25, 0.3) is 0 Å². The first-order chi connectivity index (χ1) is 14.2. The van der Waals surface area contributed by atoms with Crippen molar-refractivity contribution in [3.8, 4) is 0 Å². The minimum atomic E-state index is -1.73. The molecule has 0 radical (unpaired) electrons. The molecule has 8 nitrogen and oxygen atoms in total. The fourth-order valence-corrected chi connectivity index (χ4v) is 3.87. The molecule has 3 rings (SSSR count). The number of benzene rings is 1. The van der Waals surface area contributed by atoms with Crippen molar-refractivity contribution in [1.82, 2.24) is 15.1 Å². The molecule has 1 aromatic carbocycles. The van der Waals surface area contributed by atoms with Crippen LogP contribution in [-0.2, 0) is 14.4 Å². The van der Waals surface area contributed by atoms with Crippen molar-refractivity contribution >= 4 is 29.4 Å². The SMILES string of the molecule is CN1C(=O)N(CC(=O)NCC(=O)Nc2ccc(F)c(F)c2F)C(=O)C12CCCCC2. The molecule has 0 aromatic heterocycles. The Bertz CT molecular complexity index is 902. The van der Waals surface area contributed by atoms with Crippen LogP contribution in [0.4, 0.5) is 23.7 Å². The molecule has 0 bridgehead atoms. The first kappa shape index (κ1) is 21.6. The summed E-state index contributed by atoms with van der Waals surface area (Å²) in [7, 11) is 1.53. The molecule has 11 heteroatoms. The van der Waals surface area contributed by atoms with Crippen LogP contribution >= 0.6 is 0 Å². The van der Waals surface area contributed by atoms with Crippen LogP contribution in [0.1, 0.15) is 32.1 Å². The number of anilines is 1. The predicted molar refractivity (Wildman–Crippen MR) is 98.6 cm³/mol. The van der Waals surface area contributed by atoms with E-state index in [1.165, 1.54) is 11.9 Å². The highest BCUT2D eigenvalue weighted by Crippen LogP contribution is 2.39. The fourth-order valence-electron chi connectivity index (χ4n) is 3.87. The maximum atomic E-state index is 13.6. The van der Waals surface area contributed by atoms with Gasteiger partial charge in [-0.25, -0.2) is 18.0 Å². The highest BCUT2D eigenvalue weighted by Gasteiger charge is 2.55. The smallest absolute Gasteiger partial charge is 0.327 e. The Labute approximate surface area is 170 Å². The first-order valence-corrected chi connectivity index (χ1v) is 9.47. The van der Waals surface area contributed by atoms with E-state index < -0.39 is 65.5 Å². The van der Waals surface area contributed by atoms with Gasteiger partial charge in [-0.05, 0) is 25.0 Å². The monoisotopic (exact) mass is 426 g/mol. The Hall–Kier alpha value is -3.11. The number of hydrogen-bond acceptors (Lipinski definition) is 4. The van der Waals surface area contributed by atoms with E-state index in [1.54, 1.807) is 0 Å². The number of amides is 5. The van der Waals surface area contributed by atoms with Gasteiger partial charge in [-0.3, -0.25) is 19.3 Å². The average molecular weight is 426 g/mol. The van der Waals surface area contributed by atoms with Gasteiger partial charge in [-0.2, -0.15) is 0 Å². The average Bonchev–Trinajstić information content (AvgIpc) is 2.89. The molecule has 1 aromatic rings. The van der Waals surface area contributed by atoms with E-state index >= 15 is 0 Å². The van der Waals surface area contributed by atoms with Crippen molar-refractivity contribution in [2.45, 2.75) is 37.6 Å². The second-order valence-corrected chi connectivity index (χ2v) is 7.37. The molecule has 2 N–H and O–H groups in total. The summed E-state index contributed by atoms with van der Waals surface area (Å²) in [5.74, 6) is -6.79. The highest BCUT2D eigenvalue weighted by molar-refractivity contribution is 6.09. The Morgan fingerprint density at radius 2 is 1.70 bits per heavy atom. The maximum absolute atomic E-state index is 13.6. The first-order valence-electron chi connectivity index (χ1n) is 9.47. The van der Waals surface area contributed by atoms with E-state index in [0.29, 0.717) is 18.9 Å². The summed E-state index contributed by atoms with van der Waals surface area (Å²) < 4.78 is 39.7. The lowest BCUT2D eigenvalue weighted by atomic mass is 9.81. The summed E-state index contributed by atoms with van der Waals surface area (Å²) in [5.41, 5.74) is -1.50. The van der Waals surface area contributed by atoms with Crippen molar-refractivity contribution in [2.75, 3.05) is 25.5 Å². The van der Waals surface area contributed by atoms with Crippen molar-refractivity contribution in [2.24, 2.45) is 0 Å². The molecule has 162 valence electrons. The lowest BCUT2D eigenvalue weighted by molar-refractivity contribution is -0.137. The molecule has 1 aliphatic heterocycles. The summed E-state index contributed by atoms with van der Waals surface area (Å²) in [4.78, 5) is 51.5. The lowest BCUT2D eigenvalue weighted by Gasteiger charge is -2.35. The number of urea groups is 1. The van der Waals surface area contributed by atoms with Gasteiger partial charge in [0.05, 0.1) is 12.2 Å². The second-order valence-electron chi connectivity index (χ2n) is 7.37. The van der Waals surface area contributed by atoms with Gasteiger partial charge < -0.3 is 15.5 Å². The van der Waals surface area contributed by atoms with Gasteiger partial charge in [0.2, 0.25) is 11.8 Å². The molecule has 30 heavy (non-hydrogen) atoms. The predicted octanol–water partition coefficient (Wildman–Crippen LogP) is 1.76. The minimum absolute atomic E-state index is 0.432. The number of nitrogens with zero attached hydrogens (tertiary/aromatic N) is 2. The molecule has 1 spiro atoms. The van der Waals surface area contributed by atoms with E-state index in [4.69, 9.17) is 0 Å². The Kier molecular flexibility index (Phi) is 5.99. The van der Waals surface area contributed by atoms with Gasteiger partial charge in [0, 0.05) is 7.05 Å². The molecule has 1 saturated heterocycles. The van der Waals surface area contributed by atoms with Crippen molar-refractivity contribution < 1.29 is 32.3 Å². The van der Waals surface area contributed by atoms with Crippen molar-refractivity contribution in [3.05, 3.63) is 29.6 Å². The number of likely N-dealkylation sites (N-methyl/N-ethyl adjacent to an activating group) is 1. The zero-order chi connectivity index (χ0) is 22.1. The van der Waals surface area contributed by atoms with E-state index in [9.17, 15) is 32.3 Å². The van der Waals surface area contributed by atoms with E-state index in [2.05, 4.69) is 5.32 Å². The zero-order valence-corrected chi connectivity index (χ0v) is 16.3. The van der Waals surface area contributed by atoms with E-state index in [1.807, 2.05) is 5.32 Å². The van der Waals surface area contributed by atoms with Gasteiger partial charge >= 0.3 is 6.03 Å². The number of halogens is 3. The second kappa shape index (κ2) is 8.33. The summed E-state index contributed by atoms with van der Waals surface area (Å²) in [6.45, 7) is -1.18. The van der Waals surface area contributed by atoms with Crippen LogP contribution < -0.4 is 10.6 Å². The summed E-state index contributed by atoms with van der Waals surface area (Å²) in [6.07, 6.45) is 3.67. The van der Waals surface area contributed by atoms with Crippen LogP contribution in [0, 0.1) is 17.5 Å². The Morgan fingerprint density at radius 1 is 1.03 bits per heavy atom. The molecule has 0 unspecified atom stereocenters. The summed E-state index contributed by atoms with van der Waals surface area (Å²) in [6, 6.07) is 0.911. The fraction of sp³-hybridized carbons (Fsp3) is 0.474. The van der Waals surface area contributed by atoms with Crippen LogP contribution in [0.15, 0.2) is 12.1 Å². The molecule has 0 atom stereocenters. The van der Waals surface area contributed by atoms with Gasteiger partial charge in [0.15, 0.2) is 17.5 Å². The largest absolute Gasteiger partial charge is 0.345 e. The van der Waals surface area contributed by atoms with Crippen LogP contribution in [0.5, 0.6) is 0 Å². The quantitative estimate of drug-likeness (QED) is 0.554. The van der Waals surface area contributed by atoms with Gasteiger partial charge in [-0.15, -0.1) is 0 Å². The van der Waals surface area contributed by atoms with Crippen molar-refractivity contribution in [3.63, 3.8) is 0 Å². The number of hydrogen-bond donors (Lipinski definition) is 2. The molecule has 1 saturated carbocycles. The standard InChI is InChI=1S/C19H21F3N4O4/c1-25-18(30)26(17(29)19(25)7-3-2-4-8-19)10-14(28)23-9-13(27)24-12-6-5-11(20)15(21)16(12)22/h5-6H,2-4,7-10H2,1H3,(H,23,28)(H,24,27). The van der Waals surface area contributed by atoms with Gasteiger partial charge in [-0.1, -0.05) is 19.3 Å². The summed E-state index contributed by atoms with van der Waals surface area (Å²) in [5, 5.41) is 4.22. The normalized spacial score (nSPS) is 18.1. The van der Waals surface area contributed by atoms with Gasteiger partial charge in [0.25, 0.3) is 5.91 Å². The van der Waals surface area contributed by atoms with Gasteiger partial charge in [0.1, 0.15) is 12.1 Å². The number of carbonyl (C=O) groups is 4. The summed E-state index contributed by atoms with van der Waals surface area (Å²) >= 11 is 0. The number of carbonyl (C=O) groups excluding carboxylic acids is 4. The molecular formula is C19H21F3N4O4. The van der Waals surface area contributed by atoms with E-state index in [0.717, 1.165) is 30.2 Å². The van der Waals surface area contributed by atoms with Crippen LogP contribution in [0.2, 0.25) is 0 Å². The third-order valence-corrected chi connectivity index (χ3v) is 5.54. The maximum Gasteiger partial charge on any atom is 0.327 e. The van der Waals surface area contributed by atoms with Crippen LogP contribution in [-0.4, -0.2) is 59.2 Å². The lowest BCUT2D eigenvalue weighted by Crippen LogP contribution is -2.49. The molecular weight excluding hydrogens is 405 g/mol. The minimum Gasteiger partial charge on any atom is -0.345 e. The number of nitrogens with one attached hydrogen (secondary N) is 2. The Balaban J connectivity index is 1.56. The van der Waals surface area contributed by atoms with Crippen LogP contribution in [0.3, 0.4) is 0 Å². The molecule has 2 fully saturated rings. The molecule has 1 heterocycles. The zero-order valence-electron chi connectivity index (χ0n) is 16.3. The molecule has 1 aliphatic carbocycles. The number of imide groups is 1. The molecule has 2 aliphatic rings. The topological polar surface area (TPSA) is 98.8 Å². The van der Waals surface area contributed by atoms with Crippen molar-refractivity contribution in [1.29, 1.82) is 0 Å².